The Hall–Kier alpha value is -1.80. The molecule has 2 rings (SSSR count). The molecule has 0 saturated heterocycles. The topological polar surface area (TPSA) is 72.2 Å². The van der Waals surface area contributed by atoms with E-state index in [0.717, 1.165) is 6.07 Å². The van der Waals surface area contributed by atoms with Crippen molar-refractivity contribution < 1.29 is 21.6 Å². The molecule has 20 heavy (non-hydrogen) atoms. The standard InChI is InChI=1S/C12H12F2N2O3S/c1-7-3-10(14)12(4-9(7)13)20(17,18)16-5-11-8(2)15-6-19-11/h3-4,6,16H,5H2,1-2H3. The number of aromatic nitrogens is 1. The summed E-state index contributed by atoms with van der Waals surface area (Å²) in [5.74, 6) is -1.49. The number of nitrogens with one attached hydrogen (secondary N) is 1. The summed E-state index contributed by atoms with van der Waals surface area (Å²) in [6.45, 7) is 2.79. The van der Waals surface area contributed by atoms with Crippen LogP contribution in [0.5, 0.6) is 0 Å². The molecule has 0 aliphatic carbocycles. The van der Waals surface area contributed by atoms with E-state index in [9.17, 15) is 17.2 Å². The Bertz CT molecular complexity index is 741. The van der Waals surface area contributed by atoms with Crippen LogP contribution in [0.2, 0.25) is 0 Å². The first-order chi connectivity index (χ1) is 9.31. The van der Waals surface area contributed by atoms with Crippen molar-refractivity contribution >= 4 is 10.0 Å². The lowest BCUT2D eigenvalue weighted by molar-refractivity contribution is 0.490. The second kappa shape index (κ2) is 5.29. The largest absolute Gasteiger partial charge is 0.447 e. The molecule has 1 N–H and O–H groups in total. The summed E-state index contributed by atoms with van der Waals surface area (Å²) in [7, 11) is -4.18. The van der Waals surface area contributed by atoms with Gasteiger partial charge < -0.3 is 4.42 Å². The Morgan fingerprint density at radius 3 is 2.55 bits per heavy atom. The van der Waals surface area contributed by atoms with Crippen molar-refractivity contribution in [3.63, 3.8) is 0 Å². The number of aryl methyl sites for hydroxylation is 2. The summed E-state index contributed by atoms with van der Waals surface area (Å²) in [5.41, 5.74) is 0.552. The monoisotopic (exact) mass is 302 g/mol. The molecule has 1 aromatic heterocycles. The van der Waals surface area contributed by atoms with Crippen LogP contribution in [-0.2, 0) is 16.6 Å². The number of benzene rings is 1. The first-order valence-electron chi connectivity index (χ1n) is 5.65. The maximum atomic E-state index is 13.6. The lowest BCUT2D eigenvalue weighted by Gasteiger charge is -2.08. The molecule has 2 aromatic rings. The third-order valence-corrected chi connectivity index (χ3v) is 4.19. The van der Waals surface area contributed by atoms with Crippen LogP contribution >= 0.6 is 0 Å². The number of halogens is 2. The van der Waals surface area contributed by atoms with E-state index in [0.29, 0.717) is 17.5 Å². The number of hydrogen-bond donors (Lipinski definition) is 1. The summed E-state index contributed by atoms with van der Waals surface area (Å²) < 4.78 is 58.0. The van der Waals surface area contributed by atoms with Gasteiger partial charge in [-0.15, -0.1) is 0 Å². The number of sulfonamides is 1. The average Bonchev–Trinajstić information content (AvgIpc) is 2.77. The summed E-state index contributed by atoms with van der Waals surface area (Å²) in [4.78, 5) is 3.06. The van der Waals surface area contributed by atoms with E-state index in [4.69, 9.17) is 4.42 Å². The molecule has 1 heterocycles. The second-order valence-corrected chi connectivity index (χ2v) is 5.95. The highest BCUT2D eigenvalue weighted by molar-refractivity contribution is 7.89. The third-order valence-electron chi connectivity index (χ3n) is 2.77. The zero-order valence-corrected chi connectivity index (χ0v) is 11.6. The maximum absolute atomic E-state index is 13.6. The van der Waals surface area contributed by atoms with E-state index in [1.165, 1.54) is 13.3 Å². The van der Waals surface area contributed by atoms with E-state index in [2.05, 4.69) is 9.71 Å². The Balaban J connectivity index is 2.27. The molecule has 0 fully saturated rings. The SMILES string of the molecule is Cc1cc(F)c(S(=O)(=O)NCc2ocnc2C)cc1F. The van der Waals surface area contributed by atoms with Gasteiger partial charge in [0.15, 0.2) is 6.39 Å². The molecule has 0 aliphatic rings. The molecular weight excluding hydrogens is 290 g/mol. The molecule has 0 spiro atoms. The highest BCUT2D eigenvalue weighted by atomic mass is 32.2. The van der Waals surface area contributed by atoms with Crippen molar-refractivity contribution in [1.82, 2.24) is 9.71 Å². The van der Waals surface area contributed by atoms with Gasteiger partial charge in [-0.05, 0) is 31.5 Å². The fourth-order valence-electron chi connectivity index (χ4n) is 1.57. The van der Waals surface area contributed by atoms with Gasteiger partial charge in [-0.2, -0.15) is 0 Å². The van der Waals surface area contributed by atoms with Crippen molar-refractivity contribution in [1.29, 1.82) is 0 Å². The van der Waals surface area contributed by atoms with E-state index < -0.39 is 26.6 Å². The zero-order chi connectivity index (χ0) is 14.9. The smallest absolute Gasteiger partial charge is 0.244 e. The van der Waals surface area contributed by atoms with Crippen LogP contribution in [0, 0.1) is 25.5 Å². The van der Waals surface area contributed by atoms with Gasteiger partial charge >= 0.3 is 0 Å². The zero-order valence-electron chi connectivity index (χ0n) is 10.8. The minimum absolute atomic E-state index is 0.0347. The van der Waals surface area contributed by atoms with Gasteiger partial charge in [0.2, 0.25) is 10.0 Å². The first-order valence-corrected chi connectivity index (χ1v) is 7.14. The van der Waals surface area contributed by atoms with Gasteiger partial charge in [0.1, 0.15) is 22.3 Å². The summed E-state index contributed by atoms with van der Waals surface area (Å²) >= 11 is 0. The van der Waals surface area contributed by atoms with E-state index in [1.54, 1.807) is 6.92 Å². The predicted octanol–water partition coefficient (Wildman–Crippen LogP) is 2.05. The van der Waals surface area contributed by atoms with Gasteiger partial charge in [0.05, 0.1) is 12.2 Å². The molecule has 0 saturated carbocycles. The average molecular weight is 302 g/mol. The molecule has 8 heteroatoms. The van der Waals surface area contributed by atoms with Gasteiger partial charge in [-0.1, -0.05) is 0 Å². The van der Waals surface area contributed by atoms with Gasteiger partial charge in [-0.3, -0.25) is 0 Å². The lowest BCUT2D eigenvalue weighted by atomic mass is 10.2. The third kappa shape index (κ3) is 2.86. The second-order valence-electron chi connectivity index (χ2n) is 4.22. The molecule has 108 valence electrons. The van der Waals surface area contributed by atoms with E-state index in [1.807, 2.05) is 0 Å². The van der Waals surface area contributed by atoms with Crippen LogP contribution in [0.1, 0.15) is 17.0 Å². The Morgan fingerprint density at radius 1 is 1.25 bits per heavy atom. The van der Waals surface area contributed by atoms with Crippen LogP contribution in [0.25, 0.3) is 0 Å². The Kier molecular flexibility index (Phi) is 3.87. The predicted molar refractivity (Wildman–Crippen MR) is 66.4 cm³/mol. The summed E-state index contributed by atoms with van der Waals surface area (Å²) in [5, 5.41) is 0. The van der Waals surface area contributed by atoms with Crippen molar-refractivity contribution in [3.8, 4) is 0 Å². The molecule has 0 radical (unpaired) electrons. The number of rotatable bonds is 4. The van der Waals surface area contributed by atoms with Gasteiger partial charge in [0.25, 0.3) is 0 Å². The molecule has 0 bridgehead atoms. The normalized spacial score (nSPS) is 11.8. The molecule has 1 aromatic carbocycles. The maximum Gasteiger partial charge on any atom is 0.244 e. The fraction of sp³-hybridized carbons (Fsp3) is 0.250. The number of nitrogens with zero attached hydrogens (tertiary/aromatic N) is 1. The summed E-state index contributed by atoms with van der Waals surface area (Å²) in [6.07, 6.45) is 1.17. The van der Waals surface area contributed by atoms with Gasteiger partial charge in [-0.25, -0.2) is 26.9 Å². The van der Waals surface area contributed by atoms with Crippen LogP contribution in [0.3, 0.4) is 0 Å². The highest BCUT2D eigenvalue weighted by Gasteiger charge is 2.21. The van der Waals surface area contributed by atoms with Crippen molar-refractivity contribution in [2.24, 2.45) is 0 Å². The van der Waals surface area contributed by atoms with Crippen LogP contribution in [0.4, 0.5) is 8.78 Å². The quantitative estimate of drug-likeness (QED) is 0.938. The lowest BCUT2D eigenvalue weighted by Crippen LogP contribution is -2.24. The first kappa shape index (κ1) is 14.6. The fourth-order valence-corrected chi connectivity index (χ4v) is 2.62. The number of oxazole rings is 1. The van der Waals surface area contributed by atoms with E-state index in [-0.39, 0.29) is 12.1 Å². The van der Waals surface area contributed by atoms with Crippen molar-refractivity contribution in [2.45, 2.75) is 25.3 Å². The van der Waals surface area contributed by atoms with Gasteiger partial charge in [0, 0.05) is 0 Å². The van der Waals surface area contributed by atoms with Crippen molar-refractivity contribution in [2.75, 3.05) is 0 Å². The highest BCUT2D eigenvalue weighted by Crippen LogP contribution is 2.19. The molecular formula is C12H12F2N2O3S. The molecule has 0 atom stereocenters. The molecule has 0 unspecified atom stereocenters. The van der Waals surface area contributed by atoms with E-state index >= 15 is 0 Å². The molecule has 5 nitrogen and oxygen atoms in total. The van der Waals surface area contributed by atoms with Crippen LogP contribution < -0.4 is 4.72 Å². The number of hydrogen-bond acceptors (Lipinski definition) is 4. The Labute approximate surface area is 114 Å². The van der Waals surface area contributed by atoms with Crippen LogP contribution in [-0.4, -0.2) is 13.4 Å². The van der Waals surface area contributed by atoms with Crippen molar-refractivity contribution in [3.05, 3.63) is 47.2 Å². The summed E-state index contributed by atoms with van der Waals surface area (Å²) in [6, 6.07) is 1.49. The van der Waals surface area contributed by atoms with Crippen LogP contribution in [0.15, 0.2) is 27.8 Å². The minimum atomic E-state index is -4.18. The molecule has 0 aliphatic heterocycles. The minimum Gasteiger partial charge on any atom is -0.447 e. The Morgan fingerprint density at radius 2 is 1.95 bits per heavy atom. The molecule has 0 amide bonds.